The number of amides is 1. The van der Waals surface area contributed by atoms with Crippen LogP contribution in [0.5, 0.6) is 5.75 Å². The standard InChI is InChI=1S/C25H28ClN5O2S/c1-33-21-4-2-3-18(13-21)22-14-23(29-28-22)25(32)31-11-9-30(10-12-31)15-20-16-34-24(27-20)17-5-7-19(26)8-6-17/h2-8,13,16,22-23,28-29H,9-12,14-15H2,1H3. The van der Waals surface area contributed by atoms with Gasteiger partial charge in [0.1, 0.15) is 16.8 Å². The fourth-order valence-corrected chi connectivity index (χ4v) is 5.42. The Morgan fingerprint density at radius 3 is 2.71 bits per heavy atom. The van der Waals surface area contributed by atoms with Crippen molar-refractivity contribution in [1.29, 1.82) is 0 Å². The van der Waals surface area contributed by atoms with Gasteiger partial charge in [0, 0.05) is 54.7 Å². The maximum Gasteiger partial charge on any atom is 0.241 e. The molecule has 0 aliphatic carbocycles. The Morgan fingerprint density at radius 2 is 1.94 bits per heavy atom. The maximum absolute atomic E-state index is 13.1. The van der Waals surface area contributed by atoms with Gasteiger partial charge < -0.3 is 9.64 Å². The van der Waals surface area contributed by atoms with Crippen LogP contribution < -0.4 is 15.6 Å². The molecule has 2 atom stereocenters. The van der Waals surface area contributed by atoms with Crippen LogP contribution >= 0.6 is 22.9 Å². The Balaban J connectivity index is 1.11. The molecule has 2 saturated heterocycles. The van der Waals surface area contributed by atoms with Gasteiger partial charge in [-0.05, 0) is 36.2 Å². The molecular weight excluding hydrogens is 470 g/mol. The van der Waals surface area contributed by atoms with Crippen LogP contribution in [0.3, 0.4) is 0 Å². The van der Waals surface area contributed by atoms with Crippen LogP contribution in [0.4, 0.5) is 0 Å². The van der Waals surface area contributed by atoms with Crippen LogP contribution in [0.1, 0.15) is 23.7 Å². The highest BCUT2D eigenvalue weighted by molar-refractivity contribution is 7.13. The number of hydrogen-bond acceptors (Lipinski definition) is 7. The topological polar surface area (TPSA) is 69.7 Å². The summed E-state index contributed by atoms with van der Waals surface area (Å²) in [6.07, 6.45) is 0.721. The van der Waals surface area contributed by atoms with Crippen LogP contribution in [-0.2, 0) is 11.3 Å². The van der Waals surface area contributed by atoms with Crippen LogP contribution in [0.15, 0.2) is 53.9 Å². The zero-order chi connectivity index (χ0) is 23.5. The van der Waals surface area contributed by atoms with Crippen LogP contribution in [0.25, 0.3) is 10.6 Å². The number of piperazine rings is 1. The Morgan fingerprint density at radius 1 is 1.15 bits per heavy atom. The number of rotatable bonds is 6. The second kappa shape index (κ2) is 10.4. The van der Waals surface area contributed by atoms with Crippen molar-refractivity contribution in [3.63, 3.8) is 0 Å². The average molecular weight is 498 g/mol. The molecule has 3 aromatic rings. The molecule has 34 heavy (non-hydrogen) atoms. The lowest BCUT2D eigenvalue weighted by atomic mass is 10.0. The molecule has 7 nitrogen and oxygen atoms in total. The smallest absolute Gasteiger partial charge is 0.241 e. The zero-order valence-electron chi connectivity index (χ0n) is 19.0. The van der Waals surface area contributed by atoms with E-state index in [1.165, 1.54) is 0 Å². The third kappa shape index (κ3) is 5.26. The summed E-state index contributed by atoms with van der Waals surface area (Å²) in [7, 11) is 1.67. The van der Waals surface area contributed by atoms with E-state index in [0.29, 0.717) is 0 Å². The summed E-state index contributed by atoms with van der Waals surface area (Å²) in [5.41, 5.74) is 9.75. The van der Waals surface area contributed by atoms with Gasteiger partial charge in [0.05, 0.1) is 12.8 Å². The zero-order valence-corrected chi connectivity index (χ0v) is 20.6. The number of hydrazine groups is 1. The van der Waals surface area contributed by atoms with E-state index in [2.05, 4.69) is 27.2 Å². The third-order valence-corrected chi connectivity index (χ3v) is 7.60. The molecule has 1 amide bonds. The molecule has 0 saturated carbocycles. The Bertz CT molecular complexity index is 1130. The summed E-state index contributed by atoms with van der Waals surface area (Å²) in [6.45, 7) is 3.95. The SMILES string of the molecule is COc1cccc(C2CC(C(=O)N3CCN(Cc4csc(-c5ccc(Cl)cc5)n4)CC3)NN2)c1. The van der Waals surface area contributed by atoms with Crippen molar-refractivity contribution in [3.05, 3.63) is 70.2 Å². The van der Waals surface area contributed by atoms with Crippen molar-refractivity contribution < 1.29 is 9.53 Å². The van der Waals surface area contributed by atoms with E-state index < -0.39 is 0 Å². The van der Waals surface area contributed by atoms with Crippen molar-refractivity contribution in [2.45, 2.75) is 25.0 Å². The summed E-state index contributed by atoms with van der Waals surface area (Å²) in [5.74, 6) is 0.988. The minimum atomic E-state index is -0.219. The first-order valence-corrected chi connectivity index (χ1v) is 12.7. The number of benzene rings is 2. The lowest BCUT2D eigenvalue weighted by Gasteiger charge is -2.35. The molecule has 0 radical (unpaired) electrons. The number of nitrogens with one attached hydrogen (secondary N) is 2. The molecule has 2 aliphatic rings. The van der Waals surface area contributed by atoms with Gasteiger partial charge in [-0.1, -0.05) is 35.9 Å². The fourth-order valence-electron chi connectivity index (χ4n) is 4.48. The number of carbonyl (C=O) groups is 1. The Labute approximate surface area is 208 Å². The summed E-state index contributed by atoms with van der Waals surface area (Å²) in [4.78, 5) is 22.2. The summed E-state index contributed by atoms with van der Waals surface area (Å²) in [6, 6.07) is 15.6. The first-order valence-electron chi connectivity index (χ1n) is 11.5. The minimum absolute atomic E-state index is 0.0878. The number of thiazole rings is 1. The van der Waals surface area contributed by atoms with Crippen molar-refractivity contribution in [1.82, 2.24) is 25.6 Å². The van der Waals surface area contributed by atoms with Gasteiger partial charge in [-0.2, -0.15) is 0 Å². The van der Waals surface area contributed by atoms with Gasteiger partial charge in [-0.15, -0.1) is 11.3 Å². The first-order chi connectivity index (χ1) is 16.6. The van der Waals surface area contributed by atoms with E-state index in [0.717, 1.165) is 71.7 Å². The predicted molar refractivity (Wildman–Crippen MR) is 135 cm³/mol. The van der Waals surface area contributed by atoms with Crippen molar-refractivity contribution in [3.8, 4) is 16.3 Å². The van der Waals surface area contributed by atoms with Crippen LogP contribution in [0.2, 0.25) is 5.02 Å². The monoisotopic (exact) mass is 497 g/mol. The van der Waals surface area contributed by atoms with E-state index in [-0.39, 0.29) is 18.0 Å². The van der Waals surface area contributed by atoms with Gasteiger partial charge >= 0.3 is 0 Å². The van der Waals surface area contributed by atoms with E-state index in [4.69, 9.17) is 21.3 Å². The first kappa shape index (κ1) is 23.3. The Kier molecular flexibility index (Phi) is 7.12. The summed E-state index contributed by atoms with van der Waals surface area (Å²) < 4.78 is 5.33. The molecule has 2 unspecified atom stereocenters. The number of halogens is 1. The van der Waals surface area contributed by atoms with Crippen molar-refractivity contribution >= 4 is 28.8 Å². The number of aromatic nitrogens is 1. The number of carbonyl (C=O) groups excluding carboxylic acids is 1. The number of nitrogens with zero attached hydrogens (tertiary/aromatic N) is 3. The van der Waals surface area contributed by atoms with E-state index in [1.54, 1.807) is 18.4 Å². The molecule has 1 aromatic heterocycles. The highest BCUT2D eigenvalue weighted by Crippen LogP contribution is 2.27. The molecular formula is C25H28ClN5O2S. The lowest BCUT2D eigenvalue weighted by Crippen LogP contribution is -2.53. The highest BCUT2D eigenvalue weighted by Gasteiger charge is 2.34. The van der Waals surface area contributed by atoms with Crippen LogP contribution in [0, 0.1) is 0 Å². The second-order valence-corrected chi connectivity index (χ2v) is 9.95. The molecule has 5 rings (SSSR count). The van der Waals surface area contributed by atoms with Gasteiger partial charge in [-0.25, -0.2) is 15.8 Å². The van der Waals surface area contributed by atoms with E-state index in [9.17, 15) is 4.79 Å². The Hall–Kier alpha value is -2.49. The highest BCUT2D eigenvalue weighted by atomic mass is 35.5. The van der Waals surface area contributed by atoms with Gasteiger partial charge in [0.25, 0.3) is 0 Å². The molecule has 2 fully saturated rings. The quantitative estimate of drug-likeness (QED) is 0.541. The third-order valence-electron chi connectivity index (χ3n) is 6.41. The minimum Gasteiger partial charge on any atom is -0.497 e. The lowest BCUT2D eigenvalue weighted by molar-refractivity contribution is -0.135. The normalized spacial score (nSPS) is 21.1. The second-order valence-electron chi connectivity index (χ2n) is 8.66. The van der Waals surface area contributed by atoms with Crippen molar-refractivity contribution in [2.75, 3.05) is 33.3 Å². The molecule has 3 heterocycles. The van der Waals surface area contributed by atoms with E-state index in [1.807, 2.05) is 47.4 Å². The van der Waals surface area contributed by atoms with E-state index >= 15 is 0 Å². The van der Waals surface area contributed by atoms with Gasteiger partial charge in [-0.3, -0.25) is 9.69 Å². The molecule has 2 aromatic carbocycles. The summed E-state index contributed by atoms with van der Waals surface area (Å²) in [5, 5.41) is 3.85. The average Bonchev–Trinajstić information content (AvgIpc) is 3.55. The number of hydrogen-bond donors (Lipinski definition) is 2. The predicted octanol–water partition coefficient (Wildman–Crippen LogP) is 3.72. The summed E-state index contributed by atoms with van der Waals surface area (Å²) >= 11 is 7.64. The number of methoxy groups -OCH3 is 1. The molecule has 178 valence electrons. The molecule has 0 spiro atoms. The largest absolute Gasteiger partial charge is 0.497 e. The van der Waals surface area contributed by atoms with Crippen LogP contribution in [-0.4, -0.2) is 60.0 Å². The van der Waals surface area contributed by atoms with Gasteiger partial charge in [0.15, 0.2) is 0 Å². The van der Waals surface area contributed by atoms with Gasteiger partial charge in [0.2, 0.25) is 5.91 Å². The molecule has 2 N–H and O–H groups in total. The maximum atomic E-state index is 13.1. The van der Waals surface area contributed by atoms with Crippen molar-refractivity contribution in [2.24, 2.45) is 0 Å². The number of ether oxygens (including phenoxy) is 1. The fraction of sp³-hybridized carbons (Fsp3) is 0.360. The molecule has 0 bridgehead atoms. The molecule has 9 heteroatoms. The molecule has 2 aliphatic heterocycles.